The molecule has 0 aliphatic heterocycles. The van der Waals surface area contributed by atoms with Gasteiger partial charge in [-0.05, 0) is 49.8 Å². The van der Waals surface area contributed by atoms with E-state index in [0.29, 0.717) is 17.6 Å². The molecule has 1 nitrogen and oxygen atoms in total. The van der Waals surface area contributed by atoms with E-state index in [1.807, 2.05) is 0 Å². The van der Waals surface area contributed by atoms with Crippen molar-refractivity contribution >= 4 is 21.7 Å². The van der Waals surface area contributed by atoms with Gasteiger partial charge < -0.3 is 0 Å². The first kappa shape index (κ1) is 10.9. The molecule has 2 rings (SSSR count). The summed E-state index contributed by atoms with van der Waals surface area (Å²) in [5.74, 6) is 1.25. The Bertz CT molecular complexity index is 355. The fourth-order valence-corrected chi connectivity index (χ4v) is 2.65. The summed E-state index contributed by atoms with van der Waals surface area (Å²) >= 11 is 3.43. The Morgan fingerprint density at radius 1 is 1.27 bits per heavy atom. The van der Waals surface area contributed by atoms with Crippen molar-refractivity contribution in [2.45, 2.75) is 32.1 Å². The second kappa shape index (κ2) is 4.48. The summed E-state index contributed by atoms with van der Waals surface area (Å²) in [5, 5.41) is 0. The second-order valence-electron chi connectivity index (χ2n) is 4.37. The minimum atomic E-state index is 0.304. The minimum absolute atomic E-state index is 0.304. The smallest absolute Gasteiger partial charge is 0.132 e. The summed E-state index contributed by atoms with van der Waals surface area (Å²) in [7, 11) is 0. The molecular weight excluding hydrogens is 252 g/mol. The monoisotopic (exact) mass is 266 g/mol. The molecule has 0 unspecified atom stereocenters. The van der Waals surface area contributed by atoms with Gasteiger partial charge in [-0.2, -0.15) is 0 Å². The molecule has 1 fully saturated rings. The number of carbonyl (C=O) groups is 1. The van der Waals surface area contributed by atoms with Crippen LogP contribution in [0.5, 0.6) is 0 Å². The lowest BCUT2D eigenvalue weighted by molar-refractivity contribution is -0.120. The van der Waals surface area contributed by atoms with Crippen molar-refractivity contribution < 1.29 is 4.79 Å². The molecule has 0 N–H and O–H groups in total. The van der Waals surface area contributed by atoms with Crippen molar-refractivity contribution in [2.75, 3.05) is 0 Å². The predicted octanol–water partition coefficient (Wildman–Crippen LogP) is 3.92. The molecule has 15 heavy (non-hydrogen) atoms. The number of ketones is 1. The molecule has 0 amide bonds. The normalized spacial score (nSPS) is 25.5. The van der Waals surface area contributed by atoms with Crippen LogP contribution in [0.25, 0.3) is 0 Å². The van der Waals surface area contributed by atoms with Gasteiger partial charge >= 0.3 is 0 Å². The fraction of sp³-hybridized carbons (Fsp3) is 0.462. The van der Waals surface area contributed by atoms with Gasteiger partial charge in [-0.15, -0.1) is 0 Å². The first-order valence-corrected chi connectivity index (χ1v) is 6.22. The lowest BCUT2D eigenvalue weighted by Crippen LogP contribution is -2.05. The molecule has 0 radical (unpaired) electrons. The minimum Gasteiger partial charge on any atom is -0.300 e. The molecule has 2 atom stereocenters. The highest BCUT2D eigenvalue weighted by Gasteiger charge is 2.28. The van der Waals surface area contributed by atoms with Gasteiger partial charge in [0.25, 0.3) is 0 Å². The van der Waals surface area contributed by atoms with Crippen LogP contribution in [0.2, 0.25) is 0 Å². The first-order valence-electron chi connectivity index (χ1n) is 5.42. The Kier molecular flexibility index (Phi) is 3.25. The van der Waals surface area contributed by atoms with Crippen molar-refractivity contribution in [3.05, 3.63) is 34.3 Å². The zero-order chi connectivity index (χ0) is 10.8. The molecule has 1 aliphatic rings. The fourth-order valence-electron chi connectivity index (χ4n) is 2.39. The van der Waals surface area contributed by atoms with Crippen LogP contribution in [-0.2, 0) is 4.79 Å². The molecule has 1 aromatic carbocycles. The SMILES string of the molecule is CC(=O)[C@H]1CC[C@H](c2ccc(Br)cc2)C1. The van der Waals surface area contributed by atoms with Crippen molar-refractivity contribution in [1.82, 2.24) is 0 Å². The third-order valence-electron chi connectivity index (χ3n) is 3.35. The van der Waals surface area contributed by atoms with Crippen molar-refractivity contribution in [3.63, 3.8) is 0 Å². The summed E-state index contributed by atoms with van der Waals surface area (Å²) in [4.78, 5) is 11.3. The standard InChI is InChI=1S/C13H15BrO/c1-9(15)11-2-3-12(8-11)10-4-6-13(14)7-5-10/h4-7,11-12H,2-3,8H2,1H3/t11-,12-/m0/s1. The van der Waals surface area contributed by atoms with E-state index in [9.17, 15) is 4.79 Å². The van der Waals surface area contributed by atoms with Crippen LogP contribution in [-0.4, -0.2) is 5.78 Å². The van der Waals surface area contributed by atoms with Crippen molar-refractivity contribution in [1.29, 1.82) is 0 Å². The molecule has 0 aromatic heterocycles. The number of halogens is 1. The van der Waals surface area contributed by atoms with Gasteiger partial charge in [0.15, 0.2) is 0 Å². The largest absolute Gasteiger partial charge is 0.300 e. The molecular formula is C13H15BrO. The van der Waals surface area contributed by atoms with Gasteiger partial charge in [0.05, 0.1) is 0 Å². The molecule has 2 heteroatoms. The molecule has 0 spiro atoms. The van der Waals surface area contributed by atoms with Crippen LogP contribution in [0.4, 0.5) is 0 Å². The molecule has 0 heterocycles. The highest BCUT2D eigenvalue weighted by atomic mass is 79.9. The second-order valence-corrected chi connectivity index (χ2v) is 5.28. The number of benzene rings is 1. The van der Waals surface area contributed by atoms with Crippen LogP contribution < -0.4 is 0 Å². The Balaban J connectivity index is 2.07. The Morgan fingerprint density at radius 3 is 2.47 bits per heavy atom. The zero-order valence-corrected chi connectivity index (χ0v) is 10.5. The van der Waals surface area contributed by atoms with Crippen LogP contribution >= 0.6 is 15.9 Å². The van der Waals surface area contributed by atoms with Crippen LogP contribution in [0.1, 0.15) is 37.7 Å². The summed E-state index contributed by atoms with van der Waals surface area (Å²) in [6, 6.07) is 8.49. The average molecular weight is 267 g/mol. The van der Waals surface area contributed by atoms with E-state index in [4.69, 9.17) is 0 Å². The van der Waals surface area contributed by atoms with E-state index in [2.05, 4.69) is 40.2 Å². The summed E-state index contributed by atoms with van der Waals surface area (Å²) < 4.78 is 1.12. The van der Waals surface area contributed by atoms with E-state index >= 15 is 0 Å². The summed E-state index contributed by atoms with van der Waals surface area (Å²) in [5.41, 5.74) is 1.38. The predicted molar refractivity (Wildman–Crippen MR) is 64.9 cm³/mol. The van der Waals surface area contributed by atoms with Crippen molar-refractivity contribution in [2.24, 2.45) is 5.92 Å². The van der Waals surface area contributed by atoms with E-state index < -0.39 is 0 Å². The number of hydrogen-bond donors (Lipinski definition) is 0. The van der Waals surface area contributed by atoms with E-state index in [1.54, 1.807) is 6.92 Å². The zero-order valence-electron chi connectivity index (χ0n) is 8.87. The van der Waals surface area contributed by atoms with Gasteiger partial charge in [-0.3, -0.25) is 4.79 Å². The molecule has 1 aromatic rings. The number of hydrogen-bond acceptors (Lipinski definition) is 1. The van der Waals surface area contributed by atoms with Gasteiger partial charge in [0.2, 0.25) is 0 Å². The maximum absolute atomic E-state index is 11.3. The van der Waals surface area contributed by atoms with E-state index in [-0.39, 0.29) is 0 Å². The van der Waals surface area contributed by atoms with Gasteiger partial charge in [0.1, 0.15) is 5.78 Å². The molecule has 80 valence electrons. The lowest BCUT2D eigenvalue weighted by atomic mass is 9.95. The van der Waals surface area contributed by atoms with Gasteiger partial charge in [-0.25, -0.2) is 0 Å². The summed E-state index contributed by atoms with van der Waals surface area (Å²) in [6.07, 6.45) is 3.26. The average Bonchev–Trinajstić information content (AvgIpc) is 2.68. The van der Waals surface area contributed by atoms with Crippen LogP contribution in [0.3, 0.4) is 0 Å². The van der Waals surface area contributed by atoms with Crippen LogP contribution in [0, 0.1) is 5.92 Å². The third kappa shape index (κ3) is 2.49. The Morgan fingerprint density at radius 2 is 1.93 bits per heavy atom. The summed E-state index contributed by atoms with van der Waals surface area (Å²) in [6.45, 7) is 1.72. The lowest BCUT2D eigenvalue weighted by Gasteiger charge is -2.10. The molecule has 0 saturated heterocycles. The van der Waals surface area contributed by atoms with Gasteiger partial charge in [0, 0.05) is 10.4 Å². The highest BCUT2D eigenvalue weighted by molar-refractivity contribution is 9.10. The Labute approximate surface area is 99.0 Å². The molecule has 1 saturated carbocycles. The van der Waals surface area contributed by atoms with Crippen LogP contribution in [0.15, 0.2) is 28.7 Å². The third-order valence-corrected chi connectivity index (χ3v) is 3.88. The number of Topliss-reactive ketones (excluding diaryl/α,β-unsaturated/α-hetero) is 1. The number of carbonyl (C=O) groups excluding carboxylic acids is 1. The van der Waals surface area contributed by atoms with Gasteiger partial charge in [-0.1, -0.05) is 28.1 Å². The maximum Gasteiger partial charge on any atom is 0.132 e. The molecule has 1 aliphatic carbocycles. The number of rotatable bonds is 2. The molecule has 0 bridgehead atoms. The highest BCUT2D eigenvalue weighted by Crippen LogP contribution is 2.38. The topological polar surface area (TPSA) is 17.1 Å². The van der Waals surface area contributed by atoms with Crippen molar-refractivity contribution in [3.8, 4) is 0 Å². The van der Waals surface area contributed by atoms with E-state index in [0.717, 1.165) is 23.7 Å². The Hall–Kier alpha value is -0.630. The van der Waals surface area contributed by atoms with E-state index in [1.165, 1.54) is 5.56 Å². The maximum atomic E-state index is 11.3. The quantitative estimate of drug-likeness (QED) is 0.793. The first-order chi connectivity index (χ1) is 7.16.